The van der Waals surface area contributed by atoms with Crippen LogP contribution in [0.25, 0.3) is 83.9 Å². The number of halogens is 1. The lowest BCUT2D eigenvalue weighted by atomic mass is 10.0. The molecule has 0 spiro atoms. The summed E-state index contributed by atoms with van der Waals surface area (Å²) in [5.74, 6) is 1.82. The summed E-state index contributed by atoms with van der Waals surface area (Å²) in [7, 11) is 0. The van der Waals surface area contributed by atoms with Crippen LogP contribution >= 0.6 is 15.9 Å². The third-order valence-corrected chi connectivity index (χ3v) is 9.48. The van der Waals surface area contributed by atoms with E-state index in [2.05, 4.69) is 165 Å². The van der Waals surface area contributed by atoms with Crippen molar-refractivity contribution in [3.05, 3.63) is 175 Å². The number of para-hydroxylation sites is 2. The molecule has 0 fully saturated rings. The normalized spacial score (nSPS) is 11.3. The van der Waals surface area contributed by atoms with Crippen LogP contribution in [0.5, 0.6) is 0 Å². The second kappa shape index (κ2) is 12.7. The molecule has 0 radical (unpaired) electrons. The standard InChI is InChI=1S/C44H28BrN5/c45-36-26-35(27-37(28-36)50-40-12-6-4-10-38(40)39-11-5-7-13-41(39)50)44-48-42(33-18-14-30(15-19-33)29-8-2-1-3-9-29)47-43(49-44)34-20-16-31(17-21-34)32-22-24-46-25-23-32/h1-28H. The smallest absolute Gasteiger partial charge is 0.164 e. The molecular weight excluding hydrogens is 678 g/mol. The van der Waals surface area contributed by atoms with Gasteiger partial charge in [0.15, 0.2) is 17.5 Å². The van der Waals surface area contributed by atoms with Gasteiger partial charge in [-0.3, -0.25) is 4.98 Å². The number of fused-ring (bicyclic) bond motifs is 3. The van der Waals surface area contributed by atoms with Gasteiger partial charge in [-0.1, -0.05) is 131 Å². The Morgan fingerprint density at radius 2 is 0.820 bits per heavy atom. The SMILES string of the molecule is Brc1cc(-c2nc(-c3ccc(-c4ccccc4)cc3)nc(-c3ccc(-c4ccncc4)cc3)n2)cc(-n2c3ccccc3c3ccccc32)c1. The molecule has 3 heterocycles. The minimum Gasteiger partial charge on any atom is -0.309 e. The van der Waals surface area contributed by atoms with Gasteiger partial charge in [0.25, 0.3) is 0 Å². The summed E-state index contributed by atoms with van der Waals surface area (Å²) in [6, 6.07) is 54.6. The average Bonchev–Trinajstić information content (AvgIpc) is 3.53. The van der Waals surface area contributed by atoms with Crippen LogP contribution in [0, 0.1) is 0 Å². The molecule has 0 bridgehead atoms. The van der Waals surface area contributed by atoms with Gasteiger partial charge in [0, 0.05) is 50.0 Å². The molecule has 5 nitrogen and oxygen atoms in total. The van der Waals surface area contributed by atoms with Crippen LogP contribution in [-0.2, 0) is 0 Å². The Kier molecular flexibility index (Phi) is 7.56. The van der Waals surface area contributed by atoms with Crippen LogP contribution in [0.15, 0.2) is 175 Å². The van der Waals surface area contributed by atoms with Crippen molar-refractivity contribution in [3.8, 4) is 62.1 Å². The van der Waals surface area contributed by atoms with Gasteiger partial charge >= 0.3 is 0 Å². The average molecular weight is 707 g/mol. The van der Waals surface area contributed by atoms with E-state index >= 15 is 0 Å². The van der Waals surface area contributed by atoms with E-state index in [1.807, 2.05) is 30.6 Å². The van der Waals surface area contributed by atoms with Gasteiger partial charge in [0.2, 0.25) is 0 Å². The molecule has 50 heavy (non-hydrogen) atoms. The Morgan fingerprint density at radius 3 is 1.38 bits per heavy atom. The maximum Gasteiger partial charge on any atom is 0.164 e. The summed E-state index contributed by atoms with van der Waals surface area (Å²) in [6.45, 7) is 0. The topological polar surface area (TPSA) is 56.5 Å². The first-order valence-electron chi connectivity index (χ1n) is 16.4. The molecule has 6 heteroatoms. The van der Waals surface area contributed by atoms with Crippen LogP contribution in [0.1, 0.15) is 0 Å². The molecule has 0 aliphatic rings. The van der Waals surface area contributed by atoms with Crippen LogP contribution in [-0.4, -0.2) is 24.5 Å². The molecule has 6 aromatic carbocycles. The van der Waals surface area contributed by atoms with Crippen LogP contribution in [0.2, 0.25) is 0 Å². The molecule has 3 aromatic heterocycles. The lowest BCUT2D eigenvalue weighted by Gasteiger charge is -2.13. The Hall–Kier alpha value is -6.24. The monoisotopic (exact) mass is 705 g/mol. The maximum absolute atomic E-state index is 5.10. The Bertz CT molecular complexity index is 2480. The second-order valence-electron chi connectivity index (χ2n) is 12.1. The molecular formula is C44H28BrN5. The van der Waals surface area contributed by atoms with E-state index < -0.39 is 0 Å². The second-order valence-corrected chi connectivity index (χ2v) is 13.0. The van der Waals surface area contributed by atoms with Crippen LogP contribution in [0.3, 0.4) is 0 Å². The number of hydrogen-bond donors (Lipinski definition) is 0. The molecule has 0 unspecified atom stereocenters. The van der Waals surface area contributed by atoms with E-state index in [-0.39, 0.29) is 0 Å². The molecule has 0 atom stereocenters. The van der Waals surface area contributed by atoms with Crippen molar-refractivity contribution in [2.24, 2.45) is 0 Å². The van der Waals surface area contributed by atoms with Crippen LogP contribution in [0.4, 0.5) is 0 Å². The van der Waals surface area contributed by atoms with E-state index in [0.29, 0.717) is 17.5 Å². The van der Waals surface area contributed by atoms with Crippen molar-refractivity contribution in [2.75, 3.05) is 0 Å². The number of pyridine rings is 1. The maximum atomic E-state index is 5.10. The summed E-state index contributed by atoms with van der Waals surface area (Å²) in [6.07, 6.45) is 3.62. The first kappa shape index (κ1) is 29.9. The Balaban J connectivity index is 1.20. The van der Waals surface area contributed by atoms with Crippen molar-refractivity contribution in [2.45, 2.75) is 0 Å². The minimum absolute atomic E-state index is 0.596. The molecule has 0 saturated heterocycles. The van der Waals surface area contributed by atoms with Crippen molar-refractivity contribution in [3.63, 3.8) is 0 Å². The summed E-state index contributed by atoms with van der Waals surface area (Å²) in [5, 5.41) is 2.42. The van der Waals surface area contributed by atoms with Crippen molar-refractivity contribution < 1.29 is 0 Å². The highest BCUT2D eigenvalue weighted by molar-refractivity contribution is 9.10. The van der Waals surface area contributed by atoms with E-state index in [9.17, 15) is 0 Å². The highest BCUT2D eigenvalue weighted by atomic mass is 79.9. The predicted octanol–water partition coefficient (Wildman–Crippen LogP) is 11.5. The summed E-state index contributed by atoms with van der Waals surface area (Å²) >= 11 is 3.82. The highest BCUT2D eigenvalue weighted by Gasteiger charge is 2.17. The third kappa shape index (κ3) is 5.55. The fourth-order valence-electron chi connectivity index (χ4n) is 6.59. The largest absolute Gasteiger partial charge is 0.309 e. The van der Waals surface area contributed by atoms with Crippen molar-refractivity contribution in [1.82, 2.24) is 24.5 Å². The van der Waals surface area contributed by atoms with Gasteiger partial charge in [-0.25, -0.2) is 15.0 Å². The number of benzene rings is 6. The molecule has 9 rings (SSSR count). The molecule has 0 amide bonds. The van der Waals surface area contributed by atoms with Gasteiger partial charge in [-0.05, 0) is 64.7 Å². The molecule has 9 aromatic rings. The predicted molar refractivity (Wildman–Crippen MR) is 207 cm³/mol. The zero-order valence-corrected chi connectivity index (χ0v) is 28.4. The number of nitrogens with zero attached hydrogens (tertiary/aromatic N) is 5. The summed E-state index contributed by atoms with van der Waals surface area (Å²) < 4.78 is 3.24. The first-order chi connectivity index (χ1) is 24.7. The summed E-state index contributed by atoms with van der Waals surface area (Å²) in [4.78, 5) is 19.4. The van der Waals surface area contributed by atoms with Gasteiger partial charge < -0.3 is 4.57 Å². The van der Waals surface area contributed by atoms with Crippen LogP contribution < -0.4 is 0 Å². The van der Waals surface area contributed by atoms with Gasteiger partial charge in [-0.2, -0.15) is 0 Å². The van der Waals surface area contributed by atoms with Crippen molar-refractivity contribution in [1.29, 1.82) is 0 Å². The lowest BCUT2D eigenvalue weighted by Crippen LogP contribution is -2.01. The Labute approximate surface area is 297 Å². The molecule has 0 aliphatic heterocycles. The number of aromatic nitrogens is 5. The zero-order chi connectivity index (χ0) is 33.4. The lowest BCUT2D eigenvalue weighted by molar-refractivity contribution is 1.07. The van der Waals surface area contributed by atoms with Gasteiger partial charge in [-0.15, -0.1) is 0 Å². The van der Waals surface area contributed by atoms with E-state index in [4.69, 9.17) is 15.0 Å². The summed E-state index contributed by atoms with van der Waals surface area (Å²) in [5.41, 5.74) is 10.5. The fraction of sp³-hybridized carbons (Fsp3) is 0. The van der Waals surface area contributed by atoms with Gasteiger partial charge in [0.05, 0.1) is 11.0 Å². The third-order valence-electron chi connectivity index (χ3n) is 9.02. The van der Waals surface area contributed by atoms with Gasteiger partial charge in [0.1, 0.15) is 0 Å². The van der Waals surface area contributed by atoms with Crippen molar-refractivity contribution >= 4 is 37.7 Å². The quantitative estimate of drug-likeness (QED) is 0.173. The van der Waals surface area contributed by atoms with E-state index in [1.54, 1.807) is 0 Å². The highest BCUT2D eigenvalue weighted by Crippen LogP contribution is 2.35. The number of hydrogen-bond acceptors (Lipinski definition) is 4. The fourth-order valence-corrected chi connectivity index (χ4v) is 7.08. The minimum atomic E-state index is 0.596. The zero-order valence-electron chi connectivity index (χ0n) is 26.8. The molecule has 0 N–H and O–H groups in total. The van der Waals surface area contributed by atoms with E-state index in [1.165, 1.54) is 10.8 Å². The molecule has 0 aliphatic carbocycles. The number of rotatable bonds is 6. The Morgan fingerprint density at radius 1 is 0.380 bits per heavy atom. The first-order valence-corrected chi connectivity index (χ1v) is 17.2. The molecule has 0 saturated carbocycles. The van der Waals surface area contributed by atoms with E-state index in [0.717, 1.165) is 60.1 Å². The molecule has 236 valence electrons.